The van der Waals surface area contributed by atoms with Crippen LogP contribution in [0.15, 0.2) is 36.4 Å². The molecule has 0 spiro atoms. The third-order valence-corrected chi connectivity index (χ3v) is 3.41. The molecule has 0 bridgehead atoms. The Balaban J connectivity index is 2.23. The first-order chi connectivity index (χ1) is 11.5. The van der Waals surface area contributed by atoms with Gasteiger partial charge in [-0.3, -0.25) is 10.1 Å². The van der Waals surface area contributed by atoms with E-state index in [1.165, 1.54) is 38.5 Å². The lowest BCUT2D eigenvalue weighted by Gasteiger charge is -2.12. The van der Waals surface area contributed by atoms with Crippen molar-refractivity contribution < 1.29 is 23.2 Å². The van der Waals surface area contributed by atoms with E-state index in [2.05, 4.69) is 5.32 Å². The van der Waals surface area contributed by atoms with Gasteiger partial charge in [-0.2, -0.15) is 0 Å². The van der Waals surface area contributed by atoms with E-state index in [9.17, 15) is 18.9 Å². The first-order valence-electron chi connectivity index (χ1n) is 6.97. The van der Waals surface area contributed by atoms with Gasteiger partial charge in [0.25, 0.3) is 12.1 Å². The molecule has 0 heterocycles. The van der Waals surface area contributed by atoms with Gasteiger partial charge in [-0.15, -0.1) is 0 Å². The zero-order valence-corrected chi connectivity index (χ0v) is 13.1. The Labute approximate surface area is 137 Å². The fourth-order valence-electron chi connectivity index (χ4n) is 2.14. The number of nitrogens with zero attached hydrogens (tertiary/aromatic N) is 1. The molecular weight excluding hydrogens is 322 g/mol. The minimum Gasteiger partial charge on any atom is -0.493 e. The van der Waals surface area contributed by atoms with Crippen LogP contribution in [-0.4, -0.2) is 19.1 Å². The number of nitro groups is 1. The number of nitrogens with one attached hydrogen (secondary N) is 1. The Morgan fingerprint density at radius 1 is 1.12 bits per heavy atom. The summed E-state index contributed by atoms with van der Waals surface area (Å²) in [6.45, 7) is 0.236. The molecule has 0 aromatic heterocycles. The maximum absolute atomic E-state index is 12.5. The minimum absolute atomic E-state index is 0.0733. The number of halogens is 2. The summed E-state index contributed by atoms with van der Waals surface area (Å²) in [4.78, 5) is 10.7. The summed E-state index contributed by atoms with van der Waals surface area (Å²) in [6.07, 6.45) is -2.53. The van der Waals surface area contributed by atoms with Gasteiger partial charge in [-0.05, 0) is 5.56 Å². The Kier molecular flexibility index (Phi) is 5.51. The van der Waals surface area contributed by atoms with Crippen molar-refractivity contribution in [1.82, 2.24) is 0 Å². The predicted molar refractivity (Wildman–Crippen MR) is 84.9 cm³/mol. The highest BCUT2D eigenvalue weighted by Crippen LogP contribution is 2.37. The summed E-state index contributed by atoms with van der Waals surface area (Å²) >= 11 is 0. The smallest absolute Gasteiger partial charge is 0.296 e. The van der Waals surface area contributed by atoms with Crippen molar-refractivity contribution in [2.75, 3.05) is 19.5 Å². The molecule has 128 valence electrons. The van der Waals surface area contributed by atoms with E-state index in [0.717, 1.165) is 0 Å². The van der Waals surface area contributed by atoms with E-state index in [0.29, 0.717) is 11.3 Å². The van der Waals surface area contributed by atoms with Crippen LogP contribution < -0.4 is 14.8 Å². The standard InChI is InChI=1S/C16H16F2N2O4/c1-23-14-7-12(13(20(21)22)8-15(14)24-2)19-9-10-3-5-11(6-4-10)16(17)18/h3-8,16,19H,9H2,1-2H3. The number of hydrogen-bond donors (Lipinski definition) is 1. The zero-order chi connectivity index (χ0) is 17.7. The van der Waals surface area contributed by atoms with Gasteiger partial charge in [0.1, 0.15) is 5.69 Å². The van der Waals surface area contributed by atoms with Crippen molar-refractivity contribution in [2.45, 2.75) is 13.0 Å². The quantitative estimate of drug-likeness (QED) is 0.606. The lowest BCUT2D eigenvalue weighted by atomic mass is 10.1. The maximum Gasteiger partial charge on any atom is 0.296 e. The molecule has 2 aromatic rings. The summed E-state index contributed by atoms with van der Waals surface area (Å²) in [7, 11) is 2.82. The van der Waals surface area contributed by atoms with Gasteiger partial charge in [-0.1, -0.05) is 24.3 Å². The lowest BCUT2D eigenvalue weighted by Crippen LogP contribution is -2.04. The summed E-state index contributed by atoms with van der Waals surface area (Å²) in [5.41, 5.74) is 0.715. The van der Waals surface area contributed by atoms with E-state index in [1.54, 1.807) is 12.1 Å². The summed E-state index contributed by atoms with van der Waals surface area (Å²) < 4.78 is 35.2. The Hall–Kier alpha value is -2.90. The molecule has 0 aliphatic heterocycles. The van der Waals surface area contributed by atoms with E-state index < -0.39 is 11.3 Å². The molecule has 0 atom stereocenters. The second-order valence-corrected chi connectivity index (χ2v) is 4.88. The maximum atomic E-state index is 12.5. The number of rotatable bonds is 7. The third-order valence-electron chi connectivity index (χ3n) is 3.41. The fourth-order valence-corrected chi connectivity index (χ4v) is 2.14. The number of methoxy groups -OCH3 is 2. The molecule has 0 saturated heterocycles. The predicted octanol–water partition coefficient (Wildman–Crippen LogP) is 4.16. The molecule has 0 aliphatic carbocycles. The first kappa shape index (κ1) is 17.5. The van der Waals surface area contributed by atoms with E-state index in [1.807, 2.05) is 0 Å². The molecule has 0 unspecified atom stereocenters. The molecule has 24 heavy (non-hydrogen) atoms. The molecule has 8 heteroatoms. The normalized spacial score (nSPS) is 10.5. The van der Waals surface area contributed by atoms with Crippen LogP contribution in [0.4, 0.5) is 20.2 Å². The average molecular weight is 338 g/mol. The number of alkyl halides is 2. The minimum atomic E-state index is -2.53. The number of nitro benzene ring substituents is 1. The second kappa shape index (κ2) is 7.58. The van der Waals surface area contributed by atoms with Crippen LogP contribution in [0.25, 0.3) is 0 Å². The van der Waals surface area contributed by atoms with Gasteiger partial charge in [0.2, 0.25) is 0 Å². The molecule has 0 amide bonds. The Morgan fingerprint density at radius 3 is 2.21 bits per heavy atom. The average Bonchev–Trinajstić information content (AvgIpc) is 2.59. The molecule has 0 fully saturated rings. The van der Waals surface area contributed by atoms with Gasteiger partial charge >= 0.3 is 0 Å². The monoisotopic (exact) mass is 338 g/mol. The van der Waals surface area contributed by atoms with Crippen LogP contribution in [0.3, 0.4) is 0 Å². The molecule has 0 radical (unpaired) electrons. The number of hydrogen-bond acceptors (Lipinski definition) is 5. The van der Waals surface area contributed by atoms with Gasteiger partial charge in [0.15, 0.2) is 11.5 Å². The largest absolute Gasteiger partial charge is 0.493 e. The van der Waals surface area contributed by atoms with Crippen molar-refractivity contribution >= 4 is 11.4 Å². The van der Waals surface area contributed by atoms with Gasteiger partial charge in [0.05, 0.1) is 25.2 Å². The second-order valence-electron chi connectivity index (χ2n) is 4.88. The van der Waals surface area contributed by atoms with Crippen LogP contribution in [0.2, 0.25) is 0 Å². The van der Waals surface area contributed by atoms with Crippen LogP contribution in [-0.2, 0) is 6.54 Å². The van der Waals surface area contributed by atoms with Crippen molar-refractivity contribution in [3.05, 3.63) is 57.6 Å². The first-order valence-corrected chi connectivity index (χ1v) is 6.97. The van der Waals surface area contributed by atoms with Crippen molar-refractivity contribution in [1.29, 1.82) is 0 Å². The molecule has 6 nitrogen and oxygen atoms in total. The fraction of sp³-hybridized carbons (Fsp3) is 0.250. The van der Waals surface area contributed by atoms with Crippen LogP contribution in [0.5, 0.6) is 11.5 Å². The highest BCUT2D eigenvalue weighted by Gasteiger charge is 2.19. The molecule has 0 saturated carbocycles. The van der Waals surface area contributed by atoms with E-state index in [-0.39, 0.29) is 29.2 Å². The lowest BCUT2D eigenvalue weighted by molar-refractivity contribution is -0.384. The molecular formula is C16H16F2N2O4. The summed E-state index contributed by atoms with van der Waals surface area (Å²) in [6, 6.07) is 8.46. The van der Waals surface area contributed by atoms with Gasteiger partial charge < -0.3 is 14.8 Å². The van der Waals surface area contributed by atoms with Crippen molar-refractivity contribution in [3.8, 4) is 11.5 Å². The molecule has 1 N–H and O–H groups in total. The number of anilines is 1. The van der Waals surface area contributed by atoms with Gasteiger partial charge in [-0.25, -0.2) is 8.78 Å². The summed E-state index contributed by atoms with van der Waals surface area (Å²) in [5, 5.41) is 14.1. The third kappa shape index (κ3) is 3.89. The highest BCUT2D eigenvalue weighted by atomic mass is 19.3. The molecule has 2 aromatic carbocycles. The Bertz CT molecular complexity index is 721. The van der Waals surface area contributed by atoms with Crippen LogP contribution in [0, 0.1) is 10.1 Å². The van der Waals surface area contributed by atoms with Crippen molar-refractivity contribution in [2.24, 2.45) is 0 Å². The Morgan fingerprint density at radius 2 is 1.71 bits per heavy atom. The van der Waals surface area contributed by atoms with E-state index in [4.69, 9.17) is 9.47 Å². The van der Waals surface area contributed by atoms with Gasteiger partial charge in [0, 0.05) is 18.2 Å². The zero-order valence-electron chi connectivity index (χ0n) is 13.1. The van der Waals surface area contributed by atoms with E-state index >= 15 is 0 Å². The number of ether oxygens (including phenoxy) is 2. The van der Waals surface area contributed by atoms with Crippen LogP contribution in [0.1, 0.15) is 17.6 Å². The number of benzene rings is 2. The molecule has 2 rings (SSSR count). The SMILES string of the molecule is COc1cc(NCc2ccc(C(F)F)cc2)c([N+](=O)[O-])cc1OC. The van der Waals surface area contributed by atoms with Crippen LogP contribution >= 0.6 is 0 Å². The highest BCUT2D eigenvalue weighted by molar-refractivity contribution is 5.68. The summed E-state index contributed by atoms with van der Waals surface area (Å²) in [5.74, 6) is 0.592. The van der Waals surface area contributed by atoms with Crippen molar-refractivity contribution in [3.63, 3.8) is 0 Å². The topological polar surface area (TPSA) is 73.6 Å². The molecule has 0 aliphatic rings.